The summed E-state index contributed by atoms with van der Waals surface area (Å²) in [5.74, 6) is 0.337. The van der Waals surface area contributed by atoms with Gasteiger partial charge in [-0.1, -0.05) is 30.3 Å². The molecule has 0 aromatic heterocycles. The Hall–Kier alpha value is -1.56. The fourth-order valence-electron chi connectivity index (χ4n) is 1.91. The van der Waals surface area contributed by atoms with Crippen LogP contribution in [0.2, 0.25) is 0 Å². The lowest BCUT2D eigenvalue weighted by Crippen LogP contribution is -2.31. The van der Waals surface area contributed by atoms with Crippen molar-refractivity contribution in [3.8, 4) is 5.75 Å². The van der Waals surface area contributed by atoms with Crippen LogP contribution in [0.5, 0.6) is 5.75 Å². The van der Waals surface area contributed by atoms with Crippen molar-refractivity contribution in [3.63, 3.8) is 0 Å². The molecule has 3 nitrogen and oxygen atoms in total. The number of ether oxygens (including phenoxy) is 2. The van der Waals surface area contributed by atoms with Crippen LogP contribution in [0.1, 0.15) is 12.5 Å². The summed E-state index contributed by atoms with van der Waals surface area (Å²) in [6.45, 7) is 2.14. The third kappa shape index (κ3) is 5.04. The lowest BCUT2D eigenvalue weighted by Gasteiger charge is -2.18. The third-order valence-electron chi connectivity index (χ3n) is 2.91. The molecule has 1 unspecified atom stereocenters. The van der Waals surface area contributed by atoms with Gasteiger partial charge in [-0.05, 0) is 59.3 Å². The number of rotatable bonds is 6. The van der Waals surface area contributed by atoms with E-state index in [0.717, 1.165) is 9.13 Å². The van der Waals surface area contributed by atoms with Gasteiger partial charge in [-0.3, -0.25) is 0 Å². The molecule has 0 aliphatic carbocycles. The highest BCUT2D eigenvalue weighted by atomic mass is 127. The van der Waals surface area contributed by atoms with Gasteiger partial charge in [0.2, 0.25) is 0 Å². The molecule has 0 aliphatic heterocycles. The number of esters is 1. The van der Waals surface area contributed by atoms with Crippen LogP contribution in [0.25, 0.3) is 0 Å². The molecule has 1 atom stereocenters. The van der Waals surface area contributed by atoms with Crippen molar-refractivity contribution >= 4 is 28.6 Å². The second-order valence-corrected chi connectivity index (χ2v) is 5.75. The molecule has 2 aromatic carbocycles. The highest BCUT2D eigenvalue weighted by Crippen LogP contribution is 2.17. The molecule has 0 amide bonds. The highest BCUT2D eigenvalue weighted by Gasteiger charge is 2.22. The first-order valence-corrected chi connectivity index (χ1v) is 7.89. The Bertz CT molecular complexity index is 566. The number of hydrogen-bond acceptors (Lipinski definition) is 3. The zero-order valence-corrected chi connectivity index (χ0v) is 13.9. The fraction of sp³-hybridized carbons (Fsp3) is 0.235. The Morgan fingerprint density at radius 3 is 2.38 bits per heavy atom. The second kappa shape index (κ2) is 8.02. The number of benzene rings is 2. The van der Waals surface area contributed by atoms with Crippen LogP contribution in [0.3, 0.4) is 0 Å². The molecule has 4 heteroatoms. The van der Waals surface area contributed by atoms with Gasteiger partial charge in [-0.2, -0.15) is 0 Å². The Morgan fingerprint density at radius 2 is 1.76 bits per heavy atom. The molecule has 0 fully saturated rings. The van der Waals surface area contributed by atoms with Crippen molar-refractivity contribution in [1.82, 2.24) is 0 Å². The summed E-state index contributed by atoms with van der Waals surface area (Å²) in [5.41, 5.74) is 1.04. The molecule has 0 aliphatic rings. The second-order valence-electron chi connectivity index (χ2n) is 4.50. The quantitative estimate of drug-likeness (QED) is 0.550. The van der Waals surface area contributed by atoms with E-state index in [1.54, 1.807) is 6.92 Å². The topological polar surface area (TPSA) is 35.5 Å². The first kappa shape index (κ1) is 15.8. The van der Waals surface area contributed by atoms with Gasteiger partial charge < -0.3 is 9.47 Å². The Morgan fingerprint density at radius 1 is 1.10 bits per heavy atom. The van der Waals surface area contributed by atoms with Gasteiger partial charge in [0, 0.05) is 9.99 Å². The molecule has 2 aromatic rings. The molecular weight excluding hydrogens is 379 g/mol. The summed E-state index contributed by atoms with van der Waals surface area (Å²) < 4.78 is 12.0. The van der Waals surface area contributed by atoms with E-state index >= 15 is 0 Å². The van der Waals surface area contributed by atoms with E-state index in [0.29, 0.717) is 18.8 Å². The van der Waals surface area contributed by atoms with Crippen molar-refractivity contribution in [1.29, 1.82) is 0 Å². The largest absolute Gasteiger partial charge is 0.478 e. The molecule has 0 saturated heterocycles. The predicted molar refractivity (Wildman–Crippen MR) is 90.4 cm³/mol. The molecule has 0 heterocycles. The van der Waals surface area contributed by atoms with Gasteiger partial charge in [0.1, 0.15) is 5.75 Å². The lowest BCUT2D eigenvalue weighted by molar-refractivity contribution is -0.151. The number of hydrogen-bond donors (Lipinski definition) is 0. The van der Waals surface area contributed by atoms with Gasteiger partial charge in [-0.25, -0.2) is 4.79 Å². The molecule has 0 radical (unpaired) electrons. The van der Waals surface area contributed by atoms with Crippen LogP contribution in [0.15, 0.2) is 54.6 Å². The summed E-state index contributed by atoms with van der Waals surface area (Å²) in [4.78, 5) is 12.1. The maximum absolute atomic E-state index is 12.1. The maximum Gasteiger partial charge on any atom is 0.347 e. The van der Waals surface area contributed by atoms with E-state index in [-0.39, 0.29) is 5.97 Å². The van der Waals surface area contributed by atoms with Crippen LogP contribution < -0.4 is 4.74 Å². The van der Waals surface area contributed by atoms with Crippen molar-refractivity contribution in [2.24, 2.45) is 0 Å². The first-order chi connectivity index (χ1) is 10.2. The molecule has 2 rings (SSSR count). The number of carbonyl (C=O) groups excluding carboxylic acids is 1. The summed E-state index contributed by atoms with van der Waals surface area (Å²) in [6.07, 6.45) is -0.140. The van der Waals surface area contributed by atoms with Crippen LogP contribution in [0.4, 0.5) is 0 Å². The van der Waals surface area contributed by atoms with Crippen molar-refractivity contribution in [3.05, 3.63) is 63.7 Å². The van der Waals surface area contributed by atoms with E-state index in [9.17, 15) is 4.79 Å². The SMILES string of the molecule is CCOC(=O)C(Cc1ccccc1)Oc1ccc(I)cc1. The lowest BCUT2D eigenvalue weighted by atomic mass is 10.1. The summed E-state index contributed by atoms with van der Waals surface area (Å²) in [6, 6.07) is 17.4. The third-order valence-corrected chi connectivity index (χ3v) is 3.62. The van der Waals surface area contributed by atoms with Gasteiger partial charge in [0.15, 0.2) is 6.10 Å². The van der Waals surface area contributed by atoms with Crippen LogP contribution in [-0.4, -0.2) is 18.7 Å². The fourth-order valence-corrected chi connectivity index (χ4v) is 2.27. The number of carbonyl (C=O) groups is 1. The first-order valence-electron chi connectivity index (χ1n) is 6.82. The molecule has 110 valence electrons. The van der Waals surface area contributed by atoms with Crippen molar-refractivity contribution in [2.75, 3.05) is 6.61 Å². The molecule has 0 bridgehead atoms. The summed E-state index contributed by atoms with van der Waals surface area (Å²) in [5, 5.41) is 0. The van der Waals surface area contributed by atoms with E-state index in [1.165, 1.54) is 0 Å². The minimum atomic E-state index is -0.632. The molecule has 0 N–H and O–H groups in total. The minimum Gasteiger partial charge on any atom is -0.478 e. The van der Waals surface area contributed by atoms with E-state index in [2.05, 4.69) is 22.6 Å². The van der Waals surface area contributed by atoms with Crippen LogP contribution >= 0.6 is 22.6 Å². The van der Waals surface area contributed by atoms with Crippen LogP contribution in [-0.2, 0) is 16.0 Å². The van der Waals surface area contributed by atoms with E-state index in [1.807, 2.05) is 54.6 Å². The standard InChI is InChI=1S/C17H17IO3/c1-2-20-17(19)16(12-13-6-4-3-5-7-13)21-15-10-8-14(18)9-11-15/h3-11,16H,2,12H2,1H3. The van der Waals surface area contributed by atoms with E-state index < -0.39 is 6.10 Å². The zero-order chi connectivity index (χ0) is 15.1. The van der Waals surface area contributed by atoms with Crippen LogP contribution in [0, 0.1) is 3.57 Å². The van der Waals surface area contributed by atoms with Crippen molar-refractivity contribution in [2.45, 2.75) is 19.4 Å². The average molecular weight is 396 g/mol. The molecule has 21 heavy (non-hydrogen) atoms. The Labute approximate surface area is 138 Å². The maximum atomic E-state index is 12.1. The van der Waals surface area contributed by atoms with Gasteiger partial charge in [-0.15, -0.1) is 0 Å². The molecule has 0 spiro atoms. The predicted octanol–water partition coefficient (Wildman–Crippen LogP) is 3.84. The average Bonchev–Trinajstić information content (AvgIpc) is 2.50. The van der Waals surface area contributed by atoms with E-state index in [4.69, 9.17) is 9.47 Å². The zero-order valence-electron chi connectivity index (χ0n) is 11.8. The summed E-state index contributed by atoms with van der Waals surface area (Å²) >= 11 is 2.23. The molecule has 0 saturated carbocycles. The van der Waals surface area contributed by atoms with Gasteiger partial charge in [0.05, 0.1) is 6.61 Å². The summed E-state index contributed by atoms with van der Waals surface area (Å²) in [7, 11) is 0. The minimum absolute atomic E-state index is 0.333. The van der Waals surface area contributed by atoms with Gasteiger partial charge in [0.25, 0.3) is 0 Å². The highest BCUT2D eigenvalue weighted by molar-refractivity contribution is 14.1. The monoisotopic (exact) mass is 396 g/mol. The number of halogens is 1. The smallest absolute Gasteiger partial charge is 0.347 e. The molecular formula is C17H17IO3. The Balaban J connectivity index is 2.11. The normalized spacial score (nSPS) is 11.7. The Kier molecular flexibility index (Phi) is 6.04. The van der Waals surface area contributed by atoms with Crippen molar-refractivity contribution < 1.29 is 14.3 Å². The van der Waals surface area contributed by atoms with Gasteiger partial charge >= 0.3 is 5.97 Å².